The average molecular weight is 419 g/mol. The first-order valence-electron chi connectivity index (χ1n) is 8.96. The number of thiophene rings is 1. The minimum atomic E-state index is -0.456. The Hall–Kier alpha value is -2.23. The maximum atomic E-state index is 13.7. The van der Waals surface area contributed by atoms with E-state index in [0.717, 1.165) is 30.2 Å². The summed E-state index contributed by atoms with van der Waals surface area (Å²) in [5.74, 6) is 0.145. The number of halogens is 1. The third kappa shape index (κ3) is 4.43. The van der Waals surface area contributed by atoms with Gasteiger partial charge >= 0.3 is 0 Å². The summed E-state index contributed by atoms with van der Waals surface area (Å²) in [6, 6.07) is 10.1. The molecule has 146 valence electrons. The zero-order chi connectivity index (χ0) is 19.3. The highest BCUT2D eigenvalue weighted by Crippen LogP contribution is 2.29. The van der Waals surface area contributed by atoms with E-state index in [9.17, 15) is 9.18 Å². The van der Waals surface area contributed by atoms with E-state index in [1.807, 2.05) is 22.1 Å². The summed E-state index contributed by atoms with van der Waals surface area (Å²) in [5.41, 5.74) is 0.174. The fraction of sp³-hybridized carbons (Fsp3) is 0.316. The molecule has 1 saturated heterocycles. The Balaban J connectivity index is 1.47. The number of nitrogens with one attached hydrogen (secondary N) is 1. The number of ether oxygens (including phenoxy) is 1. The van der Waals surface area contributed by atoms with Crippen LogP contribution in [-0.4, -0.2) is 39.1 Å². The second kappa shape index (κ2) is 8.85. The largest absolute Gasteiger partial charge is 0.376 e. The van der Waals surface area contributed by atoms with Crippen molar-refractivity contribution in [3.05, 3.63) is 47.6 Å². The number of anilines is 1. The van der Waals surface area contributed by atoms with Gasteiger partial charge in [-0.05, 0) is 36.4 Å². The number of aromatic nitrogens is 3. The molecule has 1 atom stereocenters. The molecule has 1 aliphatic heterocycles. The molecule has 3 aromatic rings. The molecule has 0 bridgehead atoms. The van der Waals surface area contributed by atoms with E-state index in [0.29, 0.717) is 11.7 Å². The summed E-state index contributed by atoms with van der Waals surface area (Å²) in [5, 5.41) is 13.9. The van der Waals surface area contributed by atoms with Gasteiger partial charge in [-0.15, -0.1) is 21.5 Å². The SMILES string of the molecule is O=C(CSc1nnc(-c2cccs2)n1CC1CCCO1)Nc1ccccc1F. The van der Waals surface area contributed by atoms with Gasteiger partial charge in [-0.2, -0.15) is 0 Å². The average Bonchev–Trinajstić information content (AvgIpc) is 3.44. The van der Waals surface area contributed by atoms with Crippen molar-refractivity contribution in [2.75, 3.05) is 17.7 Å². The molecule has 0 radical (unpaired) electrons. The molecule has 28 heavy (non-hydrogen) atoms. The molecule has 3 heterocycles. The first-order chi connectivity index (χ1) is 13.7. The van der Waals surface area contributed by atoms with E-state index in [4.69, 9.17) is 4.74 Å². The van der Waals surface area contributed by atoms with E-state index in [-0.39, 0.29) is 23.5 Å². The molecule has 1 fully saturated rings. The van der Waals surface area contributed by atoms with Crippen molar-refractivity contribution in [2.45, 2.75) is 30.6 Å². The molecule has 6 nitrogen and oxygen atoms in total. The zero-order valence-electron chi connectivity index (χ0n) is 15.0. The van der Waals surface area contributed by atoms with Gasteiger partial charge in [0.2, 0.25) is 5.91 Å². The monoisotopic (exact) mass is 418 g/mol. The van der Waals surface area contributed by atoms with Gasteiger partial charge in [0.05, 0.1) is 29.0 Å². The van der Waals surface area contributed by atoms with Crippen LogP contribution in [0.1, 0.15) is 12.8 Å². The van der Waals surface area contributed by atoms with Crippen LogP contribution in [0, 0.1) is 5.82 Å². The van der Waals surface area contributed by atoms with E-state index in [2.05, 4.69) is 15.5 Å². The summed E-state index contributed by atoms with van der Waals surface area (Å²) in [7, 11) is 0. The lowest BCUT2D eigenvalue weighted by Crippen LogP contribution is -2.18. The van der Waals surface area contributed by atoms with Crippen LogP contribution in [0.4, 0.5) is 10.1 Å². The van der Waals surface area contributed by atoms with E-state index in [1.165, 1.54) is 23.9 Å². The van der Waals surface area contributed by atoms with E-state index >= 15 is 0 Å². The lowest BCUT2D eigenvalue weighted by molar-refractivity contribution is -0.113. The molecular weight excluding hydrogens is 399 g/mol. The van der Waals surface area contributed by atoms with E-state index in [1.54, 1.807) is 23.5 Å². The van der Waals surface area contributed by atoms with Crippen molar-refractivity contribution in [1.82, 2.24) is 14.8 Å². The number of carbonyl (C=O) groups excluding carboxylic acids is 1. The maximum Gasteiger partial charge on any atom is 0.234 e. The predicted octanol–water partition coefficient (Wildman–Crippen LogP) is 4.06. The van der Waals surface area contributed by atoms with Gasteiger partial charge in [0.1, 0.15) is 5.82 Å². The van der Waals surface area contributed by atoms with Gasteiger partial charge in [-0.1, -0.05) is 30.0 Å². The smallest absolute Gasteiger partial charge is 0.234 e. The van der Waals surface area contributed by atoms with Gasteiger partial charge in [0, 0.05) is 6.61 Å². The Morgan fingerprint density at radius 1 is 1.32 bits per heavy atom. The molecule has 1 aromatic carbocycles. The summed E-state index contributed by atoms with van der Waals surface area (Å²) in [6.45, 7) is 1.42. The fourth-order valence-corrected chi connectivity index (χ4v) is 4.48. The van der Waals surface area contributed by atoms with Crippen LogP contribution >= 0.6 is 23.1 Å². The number of carbonyl (C=O) groups is 1. The Bertz CT molecular complexity index is 939. The van der Waals surface area contributed by atoms with Gasteiger partial charge in [-0.3, -0.25) is 9.36 Å². The van der Waals surface area contributed by atoms with Crippen molar-refractivity contribution in [3.63, 3.8) is 0 Å². The molecule has 1 amide bonds. The number of amides is 1. The molecular formula is C19H19FN4O2S2. The third-order valence-electron chi connectivity index (χ3n) is 4.35. The minimum absolute atomic E-state index is 0.114. The standard InChI is InChI=1S/C19H19FN4O2S2/c20-14-6-1-2-7-15(14)21-17(25)12-28-19-23-22-18(16-8-4-10-27-16)24(19)11-13-5-3-9-26-13/h1-2,4,6-8,10,13H,3,5,9,11-12H2,(H,21,25). The highest BCUT2D eigenvalue weighted by atomic mass is 32.2. The van der Waals surface area contributed by atoms with Crippen LogP contribution in [0.5, 0.6) is 0 Å². The van der Waals surface area contributed by atoms with Crippen LogP contribution in [0.15, 0.2) is 46.9 Å². The first kappa shape index (κ1) is 19.1. The Morgan fingerprint density at radius 3 is 2.96 bits per heavy atom. The van der Waals surface area contributed by atoms with Crippen molar-refractivity contribution in [1.29, 1.82) is 0 Å². The molecule has 4 rings (SSSR count). The van der Waals surface area contributed by atoms with Gasteiger partial charge in [0.15, 0.2) is 11.0 Å². The number of para-hydroxylation sites is 1. The van der Waals surface area contributed by atoms with Gasteiger partial charge in [0.25, 0.3) is 0 Å². The quantitative estimate of drug-likeness (QED) is 0.586. The highest BCUT2D eigenvalue weighted by Gasteiger charge is 2.22. The van der Waals surface area contributed by atoms with Crippen molar-refractivity contribution in [2.24, 2.45) is 0 Å². The summed E-state index contributed by atoms with van der Waals surface area (Å²) in [4.78, 5) is 13.3. The Morgan fingerprint density at radius 2 is 2.21 bits per heavy atom. The first-order valence-corrected chi connectivity index (χ1v) is 10.8. The van der Waals surface area contributed by atoms with Crippen LogP contribution < -0.4 is 5.32 Å². The van der Waals surface area contributed by atoms with Crippen molar-refractivity contribution < 1.29 is 13.9 Å². The normalized spacial score (nSPS) is 16.4. The molecule has 1 unspecified atom stereocenters. The fourth-order valence-electron chi connectivity index (χ4n) is 3.02. The summed E-state index contributed by atoms with van der Waals surface area (Å²) < 4.78 is 21.5. The van der Waals surface area contributed by atoms with Crippen LogP contribution in [0.3, 0.4) is 0 Å². The topological polar surface area (TPSA) is 69.0 Å². The second-order valence-corrected chi connectivity index (χ2v) is 8.24. The second-order valence-electron chi connectivity index (χ2n) is 6.35. The molecule has 0 spiro atoms. The number of nitrogens with zero attached hydrogens (tertiary/aromatic N) is 3. The summed E-state index contributed by atoms with van der Waals surface area (Å²) >= 11 is 2.88. The number of benzene rings is 1. The summed E-state index contributed by atoms with van der Waals surface area (Å²) in [6.07, 6.45) is 2.18. The number of thioether (sulfide) groups is 1. The minimum Gasteiger partial charge on any atom is -0.376 e. The van der Waals surface area contributed by atoms with Gasteiger partial charge in [-0.25, -0.2) is 4.39 Å². The predicted molar refractivity (Wildman–Crippen MR) is 108 cm³/mol. The van der Waals surface area contributed by atoms with Crippen molar-refractivity contribution >= 4 is 34.7 Å². The van der Waals surface area contributed by atoms with Crippen LogP contribution in [0.2, 0.25) is 0 Å². The molecule has 9 heteroatoms. The lowest BCUT2D eigenvalue weighted by Gasteiger charge is -2.14. The number of hydrogen-bond donors (Lipinski definition) is 1. The lowest BCUT2D eigenvalue weighted by atomic mass is 10.2. The maximum absolute atomic E-state index is 13.7. The molecule has 2 aromatic heterocycles. The Kier molecular flexibility index (Phi) is 6.04. The van der Waals surface area contributed by atoms with Crippen LogP contribution in [-0.2, 0) is 16.1 Å². The number of hydrogen-bond acceptors (Lipinski definition) is 6. The highest BCUT2D eigenvalue weighted by molar-refractivity contribution is 7.99. The Labute approximate surface area is 170 Å². The van der Waals surface area contributed by atoms with Gasteiger partial charge < -0.3 is 10.1 Å². The van der Waals surface area contributed by atoms with Crippen LogP contribution in [0.25, 0.3) is 10.7 Å². The molecule has 1 aliphatic rings. The molecule has 1 N–H and O–H groups in total. The van der Waals surface area contributed by atoms with E-state index < -0.39 is 5.82 Å². The number of rotatable bonds is 7. The van der Waals surface area contributed by atoms with Crippen molar-refractivity contribution in [3.8, 4) is 10.7 Å². The third-order valence-corrected chi connectivity index (χ3v) is 6.18. The zero-order valence-corrected chi connectivity index (χ0v) is 16.6. The molecule has 0 aliphatic carbocycles. The molecule has 0 saturated carbocycles.